The molecule has 40 heavy (non-hydrogen) atoms. The number of likely N-dealkylation sites (N-methyl/N-ethyl adjacent to an activating group) is 2. The van der Waals surface area contributed by atoms with Crippen molar-refractivity contribution in [3.8, 4) is 0 Å². The van der Waals surface area contributed by atoms with Crippen molar-refractivity contribution >= 4 is 28.4 Å². The number of carbonyl (C=O) groups is 3. The molecule has 0 saturated carbocycles. The first kappa shape index (κ1) is 29.4. The summed E-state index contributed by atoms with van der Waals surface area (Å²) in [6.07, 6.45) is 1.05. The average molecular weight is 547 g/mol. The number of hydrogen-bond donors (Lipinski definition) is 2. The maximum atomic E-state index is 13.8. The lowest BCUT2D eigenvalue weighted by molar-refractivity contribution is -0.143. The Morgan fingerprint density at radius 2 is 1.62 bits per heavy atom. The van der Waals surface area contributed by atoms with E-state index in [1.165, 1.54) is 12.1 Å². The molecule has 4 rings (SSSR count). The lowest BCUT2D eigenvalue weighted by atomic mass is 9.91. The Bertz CT molecular complexity index is 1330. The molecule has 212 valence electrons. The van der Waals surface area contributed by atoms with E-state index in [0.29, 0.717) is 32.5 Å². The van der Waals surface area contributed by atoms with E-state index < -0.39 is 5.92 Å². The Balaban J connectivity index is 1.47. The molecule has 0 spiro atoms. The van der Waals surface area contributed by atoms with Gasteiger partial charge in [-0.05, 0) is 60.8 Å². The second-order valence-corrected chi connectivity index (χ2v) is 10.7. The summed E-state index contributed by atoms with van der Waals surface area (Å²) in [5.74, 6) is -1.03. The molecule has 7 nitrogen and oxygen atoms in total. The van der Waals surface area contributed by atoms with Crippen LogP contribution in [0.4, 0.5) is 4.39 Å². The molecule has 1 aliphatic heterocycles. The maximum absolute atomic E-state index is 13.8. The summed E-state index contributed by atoms with van der Waals surface area (Å²) in [7, 11) is 3.36. The van der Waals surface area contributed by atoms with Gasteiger partial charge in [0.25, 0.3) is 0 Å². The number of rotatable bonds is 11. The zero-order chi connectivity index (χ0) is 28.6. The lowest BCUT2D eigenvalue weighted by Crippen LogP contribution is -2.60. The van der Waals surface area contributed by atoms with E-state index in [4.69, 9.17) is 0 Å². The Morgan fingerprint density at radius 1 is 0.925 bits per heavy atom. The van der Waals surface area contributed by atoms with Crippen LogP contribution < -0.4 is 10.6 Å². The number of Topliss-reactive ketones (excluding diaryl/α,β-unsaturated/α-hetero) is 1. The molecular weight excluding hydrogens is 507 g/mol. The van der Waals surface area contributed by atoms with Crippen molar-refractivity contribution in [2.45, 2.75) is 38.3 Å². The molecule has 1 aliphatic rings. The topological polar surface area (TPSA) is 81.8 Å². The van der Waals surface area contributed by atoms with Crippen molar-refractivity contribution < 1.29 is 18.8 Å². The molecule has 0 bridgehead atoms. The van der Waals surface area contributed by atoms with Gasteiger partial charge in [0, 0.05) is 45.1 Å². The number of hydrogen-bond acceptors (Lipinski definition) is 5. The van der Waals surface area contributed by atoms with Gasteiger partial charge in [-0.25, -0.2) is 4.39 Å². The smallest absolute Gasteiger partial charge is 0.237 e. The summed E-state index contributed by atoms with van der Waals surface area (Å²) < 4.78 is 13.5. The summed E-state index contributed by atoms with van der Waals surface area (Å²) >= 11 is 0. The maximum Gasteiger partial charge on any atom is 0.237 e. The van der Waals surface area contributed by atoms with Gasteiger partial charge >= 0.3 is 0 Å². The highest BCUT2D eigenvalue weighted by Gasteiger charge is 2.36. The first-order chi connectivity index (χ1) is 19.3. The summed E-state index contributed by atoms with van der Waals surface area (Å²) in [6.45, 7) is 3.75. The highest BCUT2D eigenvalue weighted by Crippen LogP contribution is 2.23. The van der Waals surface area contributed by atoms with Crippen LogP contribution in [0.2, 0.25) is 0 Å². The van der Waals surface area contributed by atoms with Crippen molar-refractivity contribution in [2.24, 2.45) is 5.92 Å². The molecule has 3 aromatic carbocycles. The molecule has 0 radical (unpaired) electrons. The summed E-state index contributed by atoms with van der Waals surface area (Å²) in [4.78, 5) is 43.3. The average Bonchev–Trinajstić information content (AvgIpc) is 2.96. The Kier molecular flexibility index (Phi) is 10.0. The molecule has 1 fully saturated rings. The molecule has 0 aromatic heterocycles. The molecule has 8 heteroatoms. The Hall–Kier alpha value is -3.62. The van der Waals surface area contributed by atoms with Crippen LogP contribution in [0.5, 0.6) is 0 Å². The molecule has 3 unspecified atom stereocenters. The lowest BCUT2D eigenvalue weighted by Gasteiger charge is -2.43. The van der Waals surface area contributed by atoms with Crippen molar-refractivity contribution in [1.82, 2.24) is 20.4 Å². The summed E-state index contributed by atoms with van der Waals surface area (Å²) in [5.41, 5.74) is 1.90. The van der Waals surface area contributed by atoms with Gasteiger partial charge in [0.15, 0.2) is 0 Å². The number of piperazine rings is 1. The molecule has 3 atom stereocenters. The SMILES string of the molecule is CNCC(=O)CC(Cc1ccc(F)cc1)C(=O)N1CCN(C(Cc2ccc3ccccc3c2)C(=O)NC)CC1C. The standard InChI is InChI=1S/C32H39FN4O3/c1-22-21-36(30(31(39)35-3)18-24-8-11-25-6-4-5-7-26(25)17-24)14-15-37(22)32(40)27(19-29(38)20-34-2)16-23-9-12-28(33)13-10-23/h4-13,17,22,27,30,34H,14-16,18-21H2,1-3H3,(H,35,39). The quantitative estimate of drug-likeness (QED) is 0.386. The summed E-state index contributed by atoms with van der Waals surface area (Å²) in [5, 5.41) is 7.98. The van der Waals surface area contributed by atoms with Crippen LogP contribution in [0.25, 0.3) is 10.8 Å². The molecule has 3 aromatic rings. The van der Waals surface area contributed by atoms with Crippen LogP contribution >= 0.6 is 0 Å². The van der Waals surface area contributed by atoms with Crippen molar-refractivity contribution in [1.29, 1.82) is 0 Å². The van der Waals surface area contributed by atoms with Gasteiger partial charge in [0.05, 0.1) is 12.6 Å². The third-order valence-electron chi connectivity index (χ3n) is 7.77. The van der Waals surface area contributed by atoms with Gasteiger partial charge in [-0.2, -0.15) is 0 Å². The predicted octanol–water partition coefficient (Wildman–Crippen LogP) is 3.21. The second-order valence-electron chi connectivity index (χ2n) is 10.7. The fourth-order valence-electron chi connectivity index (χ4n) is 5.67. The number of nitrogens with zero attached hydrogens (tertiary/aromatic N) is 2. The number of carbonyl (C=O) groups excluding carboxylic acids is 3. The number of halogens is 1. The van der Waals surface area contributed by atoms with Crippen LogP contribution in [0, 0.1) is 11.7 Å². The van der Waals surface area contributed by atoms with E-state index in [1.54, 1.807) is 26.2 Å². The third kappa shape index (κ3) is 7.31. The minimum Gasteiger partial charge on any atom is -0.358 e. The molecule has 1 saturated heterocycles. The van der Waals surface area contributed by atoms with Crippen molar-refractivity contribution in [3.63, 3.8) is 0 Å². The number of fused-ring (bicyclic) bond motifs is 1. The minimum atomic E-state index is -0.535. The van der Waals surface area contributed by atoms with Gasteiger partial charge in [0.1, 0.15) is 11.6 Å². The molecule has 2 N–H and O–H groups in total. The Morgan fingerprint density at radius 3 is 2.30 bits per heavy atom. The molecular formula is C32H39FN4O3. The normalized spacial score (nSPS) is 17.4. The number of benzene rings is 3. The van der Waals surface area contributed by atoms with Crippen molar-refractivity contribution in [3.05, 3.63) is 83.7 Å². The third-order valence-corrected chi connectivity index (χ3v) is 7.77. The molecule has 2 amide bonds. The zero-order valence-corrected chi connectivity index (χ0v) is 23.5. The van der Waals surface area contributed by atoms with Crippen LogP contribution in [0.15, 0.2) is 66.7 Å². The van der Waals surface area contributed by atoms with Gasteiger partial charge in [-0.3, -0.25) is 19.3 Å². The fraction of sp³-hybridized carbons (Fsp3) is 0.406. The highest BCUT2D eigenvalue weighted by molar-refractivity contribution is 5.88. The minimum absolute atomic E-state index is 0.0377. The highest BCUT2D eigenvalue weighted by atomic mass is 19.1. The van der Waals surface area contributed by atoms with E-state index in [1.807, 2.05) is 24.0 Å². The number of amides is 2. The van der Waals surface area contributed by atoms with E-state index in [9.17, 15) is 18.8 Å². The van der Waals surface area contributed by atoms with E-state index >= 15 is 0 Å². The Labute approximate surface area is 235 Å². The molecule has 0 aliphatic carbocycles. The van der Waals surface area contributed by atoms with E-state index in [2.05, 4.69) is 45.9 Å². The number of nitrogens with one attached hydrogen (secondary N) is 2. The van der Waals surface area contributed by atoms with Gasteiger partial charge in [0.2, 0.25) is 11.8 Å². The fourth-order valence-corrected chi connectivity index (χ4v) is 5.67. The first-order valence-corrected chi connectivity index (χ1v) is 13.9. The molecule has 1 heterocycles. The number of ketones is 1. The van der Waals surface area contributed by atoms with Gasteiger partial charge in [-0.1, -0.05) is 54.6 Å². The van der Waals surface area contributed by atoms with Gasteiger partial charge < -0.3 is 15.5 Å². The van der Waals surface area contributed by atoms with Crippen LogP contribution in [-0.4, -0.2) is 79.8 Å². The summed E-state index contributed by atoms with van der Waals surface area (Å²) in [6, 6.07) is 20.0. The van der Waals surface area contributed by atoms with Crippen molar-refractivity contribution in [2.75, 3.05) is 40.3 Å². The van der Waals surface area contributed by atoms with Gasteiger partial charge in [-0.15, -0.1) is 0 Å². The monoisotopic (exact) mass is 546 g/mol. The zero-order valence-electron chi connectivity index (χ0n) is 23.5. The van der Waals surface area contributed by atoms with E-state index in [-0.39, 0.29) is 48.5 Å². The van der Waals surface area contributed by atoms with E-state index in [0.717, 1.165) is 21.9 Å². The van der Waals surface area contributed by atoms with Crippen LogP contribution in [0.3, 0.4) is 0 Å². The second kappa shape index (κ2) is 13.6. The van der Waals surface area contributed by atoms with Crippen LogP contribution in [-0.2, 0) is 27.2 Å². The van der Waals surface area contributed by atoms with Crippen LogP contribution in [0.1, 0.15) is 24.5 Å². The predicted molar refractivity (Wildman–Crippen MR) is 155 cm³/mol. The largest absolute Gasteiger partial charge is 0.358 e. The first-order valence-electron chi connectivity index (χ1n) is 13.9.